The van der Waals surface area contributed by atoms with E-state index >= 15 is 0 Å². The van der Waals surface area contributed by atoms with Gasteiger partial charge in [-0.05, 0) is 30.9 Å². The number of carbonyl (C=O) groups excluding carboxylic acids is 1. The largest absolute Gasteiger partial charge is 0.379 e. The van der Waals surface area contributed by atoms with Crippen LogP contribution in [0.2, 0.25) is 0 Å². The zero-order valence-electron chi connectivity index (χ0n) is 15.2. The Morgan fingerprint density at radius 2 is 2.00 bits per heavy atom. The van der Waals surface area contributed by atoms with Gasteiger partial charge in [-0.3, -0.25) is 9.69 Å². The van der Waals surface area contributed by atoms with Crippen LogP contribution < -0.4 is 5.32 Å². The third kappa shape index (κ3) is 5.06. The van der Waals surface area contributed by atoms with Crippen LogP contribution in [0, 0.1) is 0 Å². The van der Waals surface area contributed by atoms with Gasteiger partial charge in [-0.25, -0.2) is 0 Å². The molecule has 5 heteroatoms. The van der Waals surface area contributed by atoms with Crippen LogP contribution in [0.5, 0.6) is 0 Å². The fourth-order valence-electron chi connectivity index (χ4n) is 3.49. The lowest BCUT2D eigenvalue weighted by atomic mass is 10.1. The van der Waals surface area contributed by atoms with Crippen molar-refractivity contribution in [3.05, 3.63) is 36.0 Å². The minimum atomic E-state index is 0.172. The Morgan fingerprint density at radius 3 is 2.84 bits per heavy atom. The molecular weight excluding hydrogens is 314 g/mol. The van der Waals surface area contributed by atoms with Crippen LogP contribution in [0.25, 0.3) is 10.9 Å². The number of aryl methyl sites for hydroxylation is 2. The lowest BCUT2D eigenvalue weighted by Gasteiger charge is -2.26. The third-order valence-corrected chi connectivity index (χ3v) is 4.93. The van der Waals surface area contributed by atoms with E-state index in [0.717, 1.165) is 58.7 Å². The van der Waals surface area contributed by atoms with Gasteiger partial charge in [-0.1, -0.05) is 18.2 Å². The quantitative estimate of drug-likeness (QED) is 0.749. The molecule has 1 fully saturated rings. The second kappa shape index (κ2) is 9.02. The first kappa shape index (κ1) is 18.0. The average molecular weight is 343 g/mol. The number of hydrogen-bond acceptors (Lipinski definition) is 3. The van der Waals surface area contributed by atoms with Gasteiger partial charge >= 0.3 is 0 Å². The molecule has 3 rings (SSSR count). The van der Waals surface area contributed by atoms with Crippen LogP contribution in [0.4, 0.5) is 0 Å². The first-order valence-corrected chi connectivity index (χ1v) is 9.34. The molecule has 2 aromatic rings. The van der Waals surface area contributed by atoms with Gasteiger partial charge < -0.3 is 14.6 Å². The van der Waals surface area contributed by atoms with E-state index in [-0.39, 0.29) is 5.91 Å². The van der Waals surface area contributed by atoms with E-state index in [1.807, 2.05) is 0 Å². The maximum absolute atomic E-state index is 12.0. The fraction of sp³-hybridized carbons (Fsp3) is 0.550. The Kier molecular flexibility index (Phi) is 6.48. The molecule has 0 saturated carbocycles. The van der Waals surface area contributed by atoms with Crippen molar-refractivity contribution in [3.8, 4) is 0 Å². The summed E-state index contributed by atoms with van der Waals surface area (Å²) in [5.41, 5.74) is 2.66. The van der Waals surface area contributed by atoms with Gasteiger partial charge in [0.1, 0.15) is 0 Å². The van der Waals surface area contributed by atoms with Crippen LogP contribution in [0.3, 0.4) is 0 Å². The van der Waals surface area contributed by atoms with Crippen molar-refractivity contribution < 1.29 is 9.53 Å². The number of fused-ring (bicyclic) bond motifs is 1. The fourth-order valence-corrected chi connectivity index (χ4v) is 3.49. The number of morpholine rings is 1. The number of carbonyl (C=O) groups is 1. The predicted molar refractivity (Wildman–Crippen MR) is 101 cm³/mol. The number of hydrogen-bond donors (Lipinski definition) is 1. The maximum Gasteiger partial charge on any atom is 0.220 e. The molecule has 1 saturated heterocycles. The van der Waals surface area contributed by atoms with Crippen molar-refractivity contribution in [2.45, 2.75) is 25.7 Å². The molecule has 1 aromatic carbocycles. The van der Waals surface area contributed by atoms with Crippen molar-refractivity contribution >= 4 is 16.8 Å². The van der Waals surface area contributed by atoms with Gasteiger partial charge in [0, 0.05) is 56.7 Å². The molecule has 2 heterocycles. The molecular formula is C20H29N3O2. The summed E-state index contributed by atoms with van der Waals surface area (Å²) in [6, 6.07) is 8.50. The van der Waals surface area contributed by atoms with Crippen LogP contribution in [-0.4, -0.2) is 54.8 Å². The van der Waals surface area contributed by atoms with E-state index in [1.54, 1.807) is 0 Å². The Hall–Kier alpha value is -1.85. The molecule has 136 valence electrons. The molecule has 1 aliphatic rings. The van der Waals surface area contributed by atoms with Crippen LogP contribution >= 0.6 is 0 Å². The summed E-state index contributed by atoms with van der Waals surface area (Å²) in [4.78, 5) is 14.3. The van der Waals surface area contributed by atoms with Gasteiger partial charge in [0.25, 0.3) is 0 Å². The monoisotopic (exact) mass is 343 g/mol. The number of nitrogens with zero attached hydrogens (tertiary/aromatic N) is 2. The number of benzene rings is 1. The standard InChI is InChI=1S/C20H29N3O2/c1-22-16-17(18-7-3-4-8-19(18)22)6-2-5-9-20(24)21-10-11-23-12-14-25-15-13-23/h3-4,7-8,16H,2,5-6,9-15H2,1H3,(H,21,24). The normalized spacial score (nSPS) is 15.6. The molecule has 1 N–H and O–H groups in total. The first-order chi connectivity index (χ1) is 12.2. The van der Waals surface area contributed by atoms with E-state index in [1.165, 1.54) is 16.5 Å². The number of rotatable bonds is 8. The van der Waals surface area contributed by atoms with E-state index < -0.39 is 0 Å². The number of aromatic nitrogens is 1. The first-order valence-electron chi connectivity index (χ1n) is 9.34. The van der Waals surface area contributed by atoms with Crippen LogP contribution in [0.15, 0.2) is 30.5 Å². The number of para-hydroxylation sites is 1. The Balaban J connectivity index is 1.33. The van der Waals surface area contributed by atoms with Gasteiger partial charge in [0.15, 0.2) is 0 Å². The van der Waals surface area contributed by atoms with Crippen LogP contribution in [-0.2, 0) is 23.0 Å². The summed E-state index contributed by atoms with van der Waals surface area (Å²) in [7, 11) is 2.09. The Bertz CT molecular complexity index is 689. The molecule has 1 aliphatic heterocycles. The van der Waals surface area contributed by atoms with Crippen molar-refractivity contribution in [1.82, 2.24) is 14.8 Å². The van der Waals surface area contributed by atoms with Gasteiger partial charge in [-0.15, -0.1) is 0 Å². The van der Waals surface area contributed by atoms with E-state index in [9.17, 15) is 4.79 Å². The summed E-state index contributed by atoms with van der Waals surface area (Å²) in [6.07, 6.45) is 5.85. The topological polar surface area (TPSA) is 46.5 Å². The zero-order valence-corrected chi connectivity index (χ0v) is 15.2. The SMILES string of the molecule is Cn1cc(CCCCC(=O)NCCN2CCOCC2)c2ccccc21. The Morgan fingerprint density at radius 1 is 1.20 bits per heavy atom. The molecule has 5 nitrogen and oxygen atoms in total. The Labute approximate surface area is 149 Å². The molecule has 0 aliphatic carbocycles. The molecule has 0 spiro atoms. The summed E-state index contributed by atoms with van der Waals surface area (Å²) in [5, 5.41) is 4.37. The van der Waals surface area contributed by atoms with E-state index in [0.29, 0.717) is 6.42 Å². The third-order valence-electron chi connectivity index (χ3n) is 4.93. The van der Waals surface area contributed by atoms with Crippen molar-refractivity contribution in [1.29, 1.82) is 0 Å². The summed E-state index contributed by atoms with van der Waals surface area (Å²) < 4.78 is 7.51. The zero-order chi connectivity index (χ0) is 17.5. The molecule has 1 aromatic heterocycles. The summed E-state index contributed by atoms with van der Waals surface area (Å²) >= 11 is 0. The molecule has 0 atom stereocenters. The average Bonchev–Trinajstić information content (AvgIpc) is 2.96. The summed E-state index contributed by atoms with van der Waals surface area (Å²) in [5.74, 6) is 0.172. The van der Waals surface area contributed by atoms with Crippen molar-refractivity contribution in [2.75, 3.05) is 39.4 Å². The second-order valence-electron chi connectivity index (χ2n) is 6.79. The highest BCUT2D eigenvalue weighted by atomic mass is 16.5. The summed E-state index contributed by atoms with van der Waals surface area (Å²) in [6.45, 7) is 5.22. The lowest BCUT2D eigenvalue weighted by Crippen LogP contribution is -2.41. The van der Waals surface area contributed by atoms with Crippen molar-refractivity contribution in [3.63, 3.8) is 0 Å². The highest BCUT2D eigenvalue weighted by molar-refractivity contribution is 5.83. The highest BCUT2D eigenvalue weighted by Crippen LogP contribution is 2.22. The molecule has 25 heavy (non-hydrogen) atoms. The minimum absolute atomic E-state index is 0.172. The van der Waals surface area contributed by atoms with Crippen LogP contribution in [0.1, 0.15) is 24.8 Å². The predicted octanol–water partition coefficient (Wildman–Crippen LogP) is 2.34. The van der Waals surface area contributed by atoms with E-state index in [4.69, 9.17) is 4.74 Å². The second-order valence-corrected chi connectivity index (χ2v) is 6.79. The molecule has 0 bridgehead atoms. The maximum atomic E-state index is 12.0. The van der Waals surface area contributed by atoms with Gasteiger partial charge in [0.05, 0.1) is 13.2 Å². The smallest absolute Gasteiger partial charge is 0.220 e. The minimum Gasteiger partial charge on any atom is -0.379 e. The van der Waals surface area contributed by atoms with Gasteiger partial charge in [0.2, 0.25) is 5.91 Å². The number of ether oxygens (including phenoxy) is 1. The molecule has 0 radical (unpaired) electrons. The molecule has 0 unspecified atom stereocenters. The van der Waals surface area contributed by atoms with Gasteiger partial charge in [-0.2, -0.15) is 0 Å². The highest BCUT2D eigenvalue weighted by Gasteiger charge is 2.10. The van der Waals surface area contributed by atoms with Crippen molar-refractivity contribution in [2.24, 2.45) is 7.05 Å². The number of nitrogens with one attached hydrogen (secondary N) is 1. The number of unbranched alkanes of at least 4 members (excludes halogenated alkanes) is 1. The lowest BCUT2D eigenvalue weighted by molar-refractivity contribution is -0.121. The molecule has 1 amide bonds. The van der Waals surface area contributed by atoms with E-state index in [2.05, 4.69) is 52.3 Å². The number of amides is 1.